The fraction of sp³-hybridized carbons (Fsp3) is 0.320. The van der Waals surface area contributed by atoms with Crippen LogP contribution in [0.4, 0.5) is 0 Å². The van der Waals surface area contributed by atoms with E-state index in [1.54, 1.807) is 13.0 Å². The first-order chi connectivity index (χ1) is 16.1. The van der Waals surface area contributed by atoms with Crippen molar-refractivity contribution < 1.29 is 38.0 Å². The summed E-state index contributed by atoms with van der Waals surface area (Å²) in [6, 6.07) is 11.2. The Labute approximate surface area is 192 Å². The van der Waals surface area contributed by atoms with Crippen LogP contribution in [0.5, 0.6) is 34.5 Å². The maximum atomic E-state index is 13.1. The van der Waals surface area contributed by atoms with Gasteiger partial charge >= 0.3 is 5.97 Å². The second kappa shape index (κ2) is 10.7. The van der Waals surface area contributed by atoms with Gasteiger partial charge < -0.3 is 33.2 Å². The van der Waals surface area contributed by atoms with E-state index in [-0.39, 0.29) is 36.0 Å². The first kappa shape index (κ1) is 23.8. The van der Waals surface area contributed by atoms with E-state index in [1.807, 2.05) is 30.3 Å². The number of hydrogen-bond donors (Lipinski definition) is 0. The molecule has 0 heterocycles. The zero-order chi connectivity index (χ0) is 24.0. The quantitative estimate of drug-likeness (QED) is 0.408. The van der Waals surface area contributed by atoms with Crippen molar-refractivity contribution in [1.82, 2.24) is 0 Å². The fourth-order valence-electron chi connectivity index (χ4n) is 3.68. The number of rotatable bonds is 10. The van der Waals surface area contributed by atoms with Gasteiger partial charge in [0.25, 0.3) is 0 Å². The number of hydrogen-bond acceptors (Lipinski definition) is 8. The van der Waals surface area contributed by atoms with E-state index in [4.69, 9.17) is 33.2 Å². The van der Waals surface area contributed by atoms with Crippen molar-refractivity contribution >= 4 is 16.7 Å². The zero-order valence-electron chi connectivity index (χ0n) is 19.6. The van der Waals surface area contributed by atoms with Crippen LogP contribution in [0.3, 0.4) is 0 Å². The van der Waals surface area contributed by atoms with Gasteiger partial charge in [0.15, 0.2) is 23.0 Å². The van der Waals surface area contributed by atoms with Crippen LogP contribution in [-0.2, 0) is 11.3 Å². The molecule has 8 heteroatoms. The molecule has 0 fully saturated rings. The van der Waals surface area contributed by atoms with Crippen LogP contribution in [0.1, 0.15) is 22.8 Å². The minimum absolute atomic E-state index is 0.0881. The highest BCUT2D eigenvalue weighted by atomic mass is 16.5. The fourth-order valence-corrected chi connectivity index (χ4v) is 3.68. The van der Waals surface area contributed by atoms with Crippen molar-refractivity contribution in [2.75, 3.05) is 42.2 Å². The van der Waals surface area contributed by atoms with E-state index in [1.165, 1.54) is 35.5 Å². The van der Waals surface area contributed by atoms with Gasteiger partial charge in [0, 0.05) is 6.07 Å². The maximum absolute atomic E-state index is 13.1. The molecule has 176 valence electrons. The number of benzene rings is 3. The van der Waals surface area contributed by atoms with Crippen LogP contribution in [0.2, 0.25) is 0 Å². The molecule has 3 aromatic rings. The first-order valence-electron chi connectivity index (χ1n) is 10.3. The summed E-state index contributed by atoms with van der Waals surface area (Å²) >= 11 is 0. The molecule has 0 aliphatic heterocycles. The smallest absolute Gasteiger partial charge is 0.345 e. The largest absolute Gasteiger partial charge is 0.496 e. The summed E-state index contributed by atoms with van der Waals surface area (Å²) in [5, 5.41) is 0.939. The summed E-state index contributed by atoms with van der Waals surface area (Å²) in [6.45, 7) is 2.08. The molecule has 0 bridgehead atoms. The molecule has 0 unspecified atom stereocenters. The molecule has 0 radical (unpaired) electrons. The molecule has 8 nitrogen and oxygen atoms in total. The number of carbonyl (C=O) groups is 1. The molecule has 0 aromatic heterocycles. The second-order valence-electron chi connectivity index (χ2n) is 6.83. The van der Waals surface area contributed by atoms with Crippen LogP contribution in [0, 0.1) is 0 Å². The van der Waals surface area contributed by atoms with Crippen LogP contribution in [-0.4, -0.2) is 48.1 Å². The Kier molecular flexibility index (Phi) is 7.71. The lowest BCUT2D eigenvalue weighted by Crippen LogP contribution is -2.12. The molecule has 0 aliphatic carbocycles. The molecule has 3 aromatic carbocycles. The Morgan fingerprint density at radius 3 is 1.91 bits per heavy atom. The van der Waals surface area contributed by atoms with E-state index in [9.17, 15) is 4.79 Å². The summed E-state index contributed by atoms with van der Waals surface area (Å²) < 4.78 is 39.8. The summed E-state index contributed by atoms with van der Waals surface area (Å²) in [5.74, 6) is 1.22. The van der Waals surface area contributed by atoms with E-state index in [2.05, 4.69) is 0 Å². The van der Waals surface area contributed by atoms with Gasteiger partial charge in [0.2, 0.25) is 0 Å². The van der Waals surface area contributed by atoms with Crippen molar-refractivity contribution in [2.45, 2.75) is 13.5 Å². The number of fused-ring (bicyclic) bond motifs is 1. The molecule has 3 rings (SSSR count). The normalized spacial score (nSPS) is 10.5. The van der Waals surface area contributed by atoms with Crippen LogP contribution < -0.4 is 28.4 Å². The van der Waals surface area contributed by atoms with E-state index < -0.39 is 5.97 Å². The molecule has 0 amide bonds. The van der Waals surface area contributed by atoms with Gasteiger partial charge in [-0.2, -0.15) is 0 Å². The standard InChI is InChI=1S/C25H28O8/c1-7-32-25(26)20-22(30-5)18-16(27-2)13-17(28-3)21(29-4)19(18)23(31-6)24(20)33-14-15-11-9-8-10-12-15/h8-13H,7,14H2,1-6H3. The SMILES string of the molecule is CCOC(=O)c1c(OCc2ccccc2)c(OC)c2c(OC)c(OC)cc(OC)c2c1OC. The molecular formula is C25H28O8. The summed E-state index contributed by atoms with van der Waals surface area (Å²) in [5.41, 5.74) is 0.994. The molecule has 0 spiro atoms. The van der Waals surface area contributed by atoms with Gasteiger partial charge in [0.05, 0.1) is 52.9 Å². The molecule has 0 N–H and O–H groups in total. The van der Waals surface area contributed by atoms with Crippen molar-refractivity contribution in [3.8, 4) is 34.5 Å². The summed E-state index contributed by atoms with van der Waals surface area (Å²) in [4.78, 5) is 13.1. The van der Waals surface area contributed by atoms with Gasteiger partial charge in [-0.1, -0.05) is 30.3 Å². The highest BCUT2D eigenvalue weighted by Gasteiger charge is 2.33. The predicted molar refractivity (Wildman–Crippen MR) is 123 cm³/mol. The Morgan fingerprint density at radius 2 is 1.36 bits per heavy atom. The van der Waals surface area contributed by atoms with Gasteiger partial charge in [-0.15, -0.1) is 0 Å². The summed E-state index contributed by atoms with van der Waals surface area (Å²) in [7, 11) is 7.49. The average Bonchev–Trinajstić information content (AvgIpc) is 2.85. The minimum atomic E-state index is -0.616. The monoisotopic (exact) mass is 456 g/mol. The third-order valence-electron chi connectivity index (χ3n) is 5.08. The highest BCUT2D eigenvalue weighted by Crippen LogP contribution is 2.55. The third-order valence-corrected chi connectivity index (χ3v) is 5.08. The Hall–Kier alpha value is -3.81. The van der Waals surface area contributed by atoms with Crippen LogP contribution in [0.15, 0.2) is 36.4 Å². The molecule has 0 aliphatic rings. The lowest BCUT2D eigenvalue weighted by Gasteiger charge is -2.23. The molecular weight excluding hydrogens is 428 g/mol. The van der Waals surface area contributed by atoms with Gasteiger partial charge in [0.1, 0.15) is 23.7 Å². The predicted octanol–water partition coefficient (Wildman–Crippen LogP) is 4.64. The third kappa shape index (κ3) is 4.41. The first-order valence-corrected chi connectivity index (χ1v) is 10.3. The lowest BCUT2D eigenvalue weighted by molar-refractivity contribution is 0.0517. The number of esters is 1. The lowest BCUT2D eigenvalue weighted by atomic mass is 9.99. The van der Waals surface area contributed by atoms with Crippen molar-refractivity contribution in [2.24, 2.45) is 0 Å². The van der Waals surface area contributed by atoms with Crippen molar-refractivity contribution in [3.05, 3.63) is 47.5 Å². The topological polar surface area (TPSA) is 81.7 Å². The maximum Gasteiger partial charge on any atom is 0.345 e. The Bertz CT molecular complexity index is 1120. The number of ether oxygens (including phenoxy) is 7. The zero-order valence-corrected chi connectivity index (χ0v) is 19.6. The van der Waals surface area contributed by atoms with E-state index >= 15 is 0 Å². The van der Waals surface area contributed by atoms with Crippen molar-refractivity contribution in [3.63, 3.8) is 0 Å². The Balaban J connectivity index is 2.44. The number of carbonyl (C=O) groups excluding carboxylic acids is 1. The average molecular weight is 456 g/mol. The van der Waals surface area contributed by atoms with Crippen molar-refractivity contribution in [1.29, 1.82) is 0 Å². The van der Waals surface area contributed by atoms with Gasteiger partial charge in [-0.05, 0) is 12.5 Å². The van der Waals surface area contributed by atoms with E-state index in [0.717, 1.165) is 5.56 Å². The van der Waals surface area contributed by atoms with E-state index in [0.29, 0.717) is 28.0 Å². The summed E-state index contributed by atoms with van der Waals surface area (Å²) in [6.07, 6.45) is 0. The van der Waals surface area contributed by atoms with Crippen LogP contribution >= 0.6 is 0 Å². The van der Waals surface area contributed by atoms with Gasteiger partial charge in [-0.25, -0.2) is 4.79 Å². The Morgan fingerprint density at radius 1 is 0.727 bits per heavy atom. The molecule has 0 saturated heterocycles. The van der Waals surface area contributed by atoms with Gasteiger partial charge in [-0.3, -0.25) is 0 Å². The van der Waals surface area contributed by atoms with Crippen LogP contribution in [0.25, 0.3) is 10.8 Å². The second-order valence-corrected chi connectivity index (χ2v) is 6.83. The molecule has 0 atom stereocenters. The molecule has 33 heavy (non-hydrogen) atoms. The molecule has 0 saturated carbocycles. The minimum Gasteiger partial charge on any atom is -0.496 e. The highest BCUT2D eigenvalue weighted by molar-refractivity contribution is 6.12. The number of methoxy groups -OCH3 is 5.